The summed E-state index contributed by atoms with van der Waals surface area (Å²) in [5.74, 6) is 0.311. The molecule has 3 aromatic rings. The van der Waals surface area contributed by atoms with Crippen molar-refractivity contribution in [3.8, 4) is 0 Å². The maximum atomic E-state index is 13.0. The third kappa shape index (κ3) is 3.70. The van der Waals surface area contributed by atoms with Gasteiger partial charge in [0.15, 0.2) is 0 Å². The lowest BCUT2D eigenvalue weighted by Gasteiger charge is -2.27. The number of hydrogen-bond donors (Lipinski definition) is 1. The van der Waals surface area contributed by atoms with Crippen LogP contribution in [0.4, 0.5) is 16.0 Å². The van der Waals surface area contributed by atoms with Crippen LogP contribution in [0.5, 0.6) is 0 Å². The Bertz CT molecular complexity index is 875. The van der Waals surface area contributed by atoms with E-state index in [9.17, 15) is 4.39 Å². The van der Waals surface area contributed by atoms with E-state index in [1.54, 1.807) is 12.1 Å². The second kappa shape index (κ2) is 6.90. The highest BCUT2D eigenvalue weighted by molar-refractivity contribution is 7.10. The largest absolute Gasteiger partial charge is 0.324 e. The van der Waals surface area contributed by atoms with Crippen LogP contribution in [0.25, 0.3) is 0 Å². The first kappa shape index (κ1) is 16.2. The van der Waals surface area contributed by atoms with Crippen molar-refractivity contribution >= 4 is 23.0 Å². The van der Waals surface area contributed by atoms with Gasteiger partial charge in [-0.1, -0.05) is 0 Å². The van der Waals surface area contributed by atoms with Gasteiger partial charge in [0.1, 0.15) is 5.82 Å². The molecule has 0 unspecified atom stereocenters. The minimum atomic E-state index is -0.252. The first-order valence-corrected chi connectivity index (χ1v) is 9.18. The van der Waals surface area contributed by atoms with E-state index >= 15 is 0 Å². The molecule has 1 aromatic carbocycles. The minimum absolute atomic E-state index is 0.252. The number of nitrogens with one attached hydrogen (secondary N) is 1. The zero-order chi connectivity index (χ0) is 17.2. The van der Waals surface area contributed by atoms with E-state index in [-0.39, 0.29) is 5.82 Å². The molecular weight excluding hydrogens is 335 g/mol. The third-order valence-corrected chi connectivity index (χ3v) is 5.46. The Balaban J connectivity index is 1.45. The van der Waals surface area contributed by atoms with Gasteiger partial charge in [0.2, 0.25) is 5.95 Å². The maximum Gasteiger partial charge on any atom is 0.227 e. The van der Waals surface area contributed by atoms with Crippen LogP contribution in [-0.4, -0.2) is 21.4 Å². The number of aromatic nitrogens is 2. The van der Waals surface area contributed by atoms with Gasteiger partial charge in [-0.15, -0.1) is 11.3 Å². The number of fused-ring (bicyclic) bond motifs is 1. The summed E-state index contributed by atoms with van der Waals surface area (Å²) < 4.78 is 13.0. The van der Waals surface area contributed by atoms with E-state index in [4.69, 9.17) is 0 Å². The van der Waals surface area contributed by atoms with Crippen LogP contribution < -0.4 is 5.32 Å². The van der Waals surface area contributed by atoms with Crippen LogP contribution in [0.3, 0.4) is 0 Å². The normalized spacial score (nSPS) is 14.3. The van der Waals surface area contributed by atoms with Crippen molar-refractivity contribution in [2.24, 2.45) is 0 Å². The lowest BCUT2D eigenvalue weighted by Crippen LogP contribution is -2.30. The molecule has 0 radical (unpaired) electrons. The van der Waals surface area contributed by atoms with Crippen LogP contribution in [-0.2, 0) is 19.5 Å². The average Bonchev–Trinajstić information content (AvgIpc) is 3.02. The van der Waals surface area contributed by atoms with E-state index < -0.39 is 0 Å². The number of hydrogen-bond acceptors (Lipinski definition) is 5. The Hall–Kier alpha value is -2.31. The second-order valence-electron chi connectivity index (χ2n) is 6.28. The highest BCUT2D eigenvalue weighted by atomic mass is 32.1. The quantitative estimate of drug-likeness (QED) is 0.759. The Kier molecular flexibility index (Phi) is 4.46. The average molecular weight is 354 g/mol. The summed E-state index contributed by atoms with van der Waals surface area (Å²) in [5, 5.41) is 5.29. The summed E-state index contributed by atoms with van der Waals surface area (Å²) in [7, 11) is 0. The van der Waals surface area contributed by atoms with Crippen molar-refractivity contribution in [1.82, 2.24) is 14.9 Å². The Morgan fingerprint density at radius 3 is 2.84 bits per heavy atom. The van der Waals surface area contributed by atoms with Gasteiger partial charge in [0.25, 0.3) is 0 Å². The fourth-order valence-corrected chi connectivity index (χ4v) is 3.95. The fraction of sp³-hybridized carbons (Fsp3) is 0.263. The number of halogens is 1. The third-order valence-electron chi connectivity index (χ3n) is 4.45. The lowest BCUT2D eigenvalue weighted by atomic mass is 10.1. The van der Waals surface area contributed by atoms with Crippen molar-refractivity contribution in [2.75, 3.05) is 11.9 Å². The summed E-state index contributed by atoms with van der Waals surface area (Å²) in [6, 6.07) is 8.39. The Morgan fingerprint density at radius 2 is 2.08 bits per heavy atom. The van der Waals surface area contributed by atoms with Gasteiger partial charge in [-0.05, 0) is 48.2 Å². The molecule has 0 spiro atoms. The van der Waals surface area contributed by atoms with Crippen molar-refractivity contribution in [3.63, 3.8) is 0 Å². The summed E-state index contributed by atoms with van der Waals surface area (Å²) in [5.41, 5.74) is 4.43. The second-order valence-corrected chi connectivity index (χ2v) is 7.29. The minimum Gasteiger partial charge on any atom is -0.324 e. The van der Waals surface area contributed by atoms with E-state index in [1.165, 1.54) is 28.1 Å². The SMILES string of the molecule is Cc1ccsc1CN1CCc2nc(Nc3ccc(F)cc3)ncc2C1. The Morgan fingerprint density at radius 1 is 1.24 bits per heavy atom. The summed E-state index contributed by atoms with van der Waals surface area (Å²) in [6.07, 6.45) is 2.82. The van der Waals surface area contributed by atoms with Crippen molar-refractivity contribution in [1.29, 1.82) is 0 Å². The van der Waals surface area contributed by atoms with Crippen molar-refractivity contribution in [3.05, 3.63) is 69.4 Å². The monoisotopic (exact) mass is 354 g/mol. The first-order valence-electron chi connectivity index (χ1n) is 8.30. The van der Waals surface area contributed by atoms with Gasteiger partial charge in [0, 0.05) is 48.4 Å². The zero-order valence-corrected chi connectivity index (χ0v) is 14.8. The molecule has 0 saturated heterocycles. The highest BCUT2D eigenvalue weighted by Gasteiger charge is 2.19. The smallest absolute Gasteiger partial charge is 0.227 e. The molecule has 1 N–H and O–H groups in total. The standard InChI is InChI=1S/C19H19FN4S/c1-13-7-9-25-18(13)12-24-8-6-17-14(11-24)10-21-19(23-17)22-16-4-2-15(20)3-5-16/h2-5,7,9-10H,6,8,11-12H2,1H3,(H,21,22,23). The van der Waals surface area contributed by atoms with Gasteiger partial charge in [-0.25, -0.2) is 14.4 Å². The molecule has 3 heterocycles. The van der Waals surface area contributed by atoms with Gasteiger partial charge in [-0.2, -0.15) is 0 Å². The van der Waals surface area contributed by atoms with E-state index in [0.29, 0.717) is 5.95 Å². The summed E-state index contributed by atoms with van der Waals surface area (Å²) in [6.45, 7) is 5.03. The van der Waals surface area contributed by atoms with E-state index in [2.05, 4.69) is 38.6 Å². The Labute approximate surface area is 150 Å². The molecule has 0 fully saturated rings. The molecule has 0 aliphatic carbocycles. The topological polar surface area (TPSA) is 41.1 Å². The van der Waals surface area contributed by atoms with Crippen LogP contribution in [0.1, 0.15) is 21.7 Å². The lowest BCUT2D eigenvalue weighted by molar-refractivity contribution is 0.244. The number of aryl methyl sites for hydroxylation is 1. The van der Waals surface area contributed by atoms with E-state index in [0.717, 1.165) is 37.4 Å². The predicted molar refractivity (Wildman–Crippen MR) is 98.6 cm³/mol. The van der Waals surface area contributed by atoms with Crippen LogP contribution in [0, 0.1) is 12.7 Å². The number of anilines is 2. The molecule has 1 aliphatic heterocycles. The predicted octanol–water partition coefficient (Wildman–Crippen LogP) is 4.29. The van der Waals surface area contributed by atoms with Crippen LogP contribution in [0.2, 0.25) is 0 Å². The van der Waals surface area contributed by atoms with Crippen molar-refractivity contribution in [2.45, 2.75) is 26.4 Å². The first-order chi connectivity index (χ1) is 12.2. The number of thiophene rings is 1. The van der Waals surface area contributed by atoms with Gasteiger partial charge < -0.3 is 5.32 Å². The molecule has 2 aromatic heterocycles. The molecular formula is C19H19FN4S. The zero-order valence-electron chi connectivity index (χ0n) is 14.0. The molecule has 0 atom stereocenters. The molecule has 1 aliphatic rings. The molecule has 4 nitrogen and oxygen atoms in total. The van der Waals surface area contributed by atoms with Gasteiger partial charge >= 0.3 is 0 Å². The molecule has 6 heteroatoms. The molecule has 4 rings (SSSR count). The van der Waals surface area contributed by atoms with Gasteiger partial charge in [0.05, 0.1) is 5.69 Å². The highest BCUT2D eigenvalue weighted by Crippen LogP contribution is 2.24. The summed E-state index contributed by atoms with van der Waals surface area (Å²) >= 11 is 1.82. The van der Waals surface area contributed by atoms with Crippen LogP contribution >= 0.6 is 11.3 Å². The number of rotatable bonds is 4. The number of nitrogens with zero attached hydrogens (tertiary/aromatic N) is 3. The maximum absolute atomic E-state index is 13.0. The molecule has 25 heavy (non-hydrogen) atoms. The van der Waals surface area contributed by atoms with Crippen molar-refractivity contribution < 1.29 is 4.39 Å². The molecule has 0 saturated carbocycles. The molecule has 0 amide bonds. The fourth-order valence-electron chi connectivity index (χ4n) is 3.00. The van der Waals surface area contributed by atoms with Crippen LogP contribution in [0.15, 0.2) is 41.9 Å². The molecule has 0 bridgehead atoms. The van der Waals surface area contributed by atoms with Gasteiger partial charge in [-0.3, -0.25) is 4.90 Å². The number of benzene rings is 1. The summed E-state index contributed by atoms with van der Waals surface area (Å²) in [4.78, 5) is 12.9. The van der Waals surface area contributed by atoms with E-state index in [1.807, 2.05) is 17.5 Å². The molecule has 128 valence electrons.